The van der Waals surface area contributed by atoms with Crippen molar-refractivity contribution in [3.05, 3.63) is 81.3 Å². The molecule has 1 N–H and O–H groups in total. The molecule has 0 aliphatic carbocycles. The second kappa shape index (κ2) is 6.26. The molecule has 0 amide bonds. The van der Waals surface area contributed by atoms with Gasteiger partial charge in [0.25, 0.3) is 0 Å². The van der Waals surface area contributed by atoms with E-state index in [1.165, 1.54) is 0 Å². The van der Waals surface area contributed by atoms with E-state index in [0.717, 1.165) is 15.7 Å². The van der Waals surface area contributed by atoms with Crippen LogP contribution < -0.4 is 10.9 Å². The molecule has 4 aromatic rings. The van der Waals surface area contributed by atoms with Crippen LogP contribution in [-0.2, 0) is 0 Å². The number of halogens is 1. The van der Waals surface area contributed by atoms with Gasteiger partial charge in [0, 0.05) is 16.2 Å². The highest BCUT2D eigenvalue weighted by Crippen LogP contribution is 2.39. The zero-order chi connectivity index (χ0) is 17.4. The first-order valence-electron chi connectivity index (χ1n) is 7.77. The van der Waals surface area contributed by atoms with Gasteiger partial charge in [0.05, 0.1) is 5.56 Å². The zero-order valence-electron chi connectivity index (χ0n) is 13.4. The van der Waals surface area contributed by atoms with Crippen molar-refractivity contribution in [2.24, 2.45) is 0 Å². The third-order valence-electron chi connectivity index (χ3n) is 3.87. The van der Waals surface area contributed by atoms with Gasteiger partial charge in [-0.05, 0) is 36.8 Å². The smallest absolute Gasteiger partial charge is 0.347 e. The zero-order valence-corrected chi connectivity index (χ0v) is 15.0. The fraction of sp³-hybridized carbons (Fsp3) is 0.0500. The number of anilines is 2. The Bertz CT molecular complexity index is 1110. The van der Waals surface area contributed by atoms with Gasteiger partial charge in [0.2, 0.25) is 5.88 Å². The first-order valence-corrected chi connectivity index (χ1v) is 8.56. The Morgan fingerprint density at radius 3 is 2.52 bits per heavy atom. The van der Waals surface area contributed by atoms with Crippen LogP contribution >= 0.6 is 15.9 Å². The standard InChI is InChI=1S/C20H14BrNO3/c1-12-10-16-18(20(23)24-12)17(13-6-5-7-14(21)11-13)19(25-16)22-15-8-3-2-4-9-15/h2-11,22H,1H3. The highest BCUT2D eigenvalue weighted by molar-refractivity contribution is 9.10. The van der Waals surface area contributed by atoms with Gasteiger partial charge >= 0.3 is 5.63 Å². The Balaban J connectivity index is 1.99. The Morgan fingerprint density at radius 1 is 0.960 bits per heavy atom. The van der Waals surface area contributed by atoms with Crippen molar-refractivity contribution in [2.45, 2.75) is 6.92 Å². The van der Waals surface area contributed by atoms with Crippen molar-refractivity contribution < 1.29 is 8.83 Å². The summed E-state index contributed by atoms with van der Waals surface area (Å²) in [7, 11) is 0. The molecule has 0 saturated heterocycles. The third kappa shape index (κ3) is 2.98. The van der Waals surface area contributed by atoms with Crippen LogP contribution in [0, 0.1) is 6.92 Å². The van der Waals surface area contributed by atoms with Crippen LogP contribution in [-0.4, -0.2) is 0 Å². The number of nitrogens with one attached hydrogen (secondary N) is 1. The largest absolute Gasteiger partial charge is 0.439 e. The lowest BCUT2D eigenvalue weighted by atomic mass is 10.0. The number of furan rings is 1. The van der Waals surface area contributed by atoms with E-state index in [-0.39, 0.29) is 0 Å². The molecular weight excluding hydrogens is 382 g/mol. The topological polar surface area (TPSA) is 55.4 Å². The van der Waals surface area contributed by atoms with Crippen LogP contribution in [0.4, 0.5) is 11.6 Å². The third-order valence-corrected chi connectivity index (χ3v) is 4.37. The molecule has 5 heteroatoms. The van der Waals surface area contributed by atoms with E-state index in [4.69, 9.17) is 8.83 Å². The summed E-state index contributed by atoms with van der Waals surface area (Å²) in [6.45, 7) is 1.73. The molecule has 2 aromatic carbocycles. The predicted molar refractivity (Wildman–Crippen MR) is 102 cm³/mol. The lowest BCUT2D eigenvalue weighted by molar-refractivity contribution is 0.485. The van der Waals surface area contributed by atoms with E-state index in [0.29, 0.717) is 28.2 Å². The Kier molecular flexibility index (Phi) is 3.93. The fourth-order valence-electron chi connectivity index (χ4n) is 2.82. The monoisotopic (exact) mass is 395 g/mol. The average molecular weight is 396 g/mol. The molecule has 0 bridgehead atoms. The van der Waals surface area contributed by atoms with Crippen LogP contribution in [0.3, 0.4) is 0 Å². The number of hydrogen-bond acceptors (Lipinski definition) is 4. The van der Waals surface area contributed by atoms with Gasteiger partial charge in [-0.1, -0.05) is 46.3 Å². The Labute approximate surface area is 152 Å². The molecular formula is C20H14BrNO3. The van der Waals surface area contributed by atoms with Crippen molar-refractivity contribution in [2.75, 3.05) is 5.32 Å². The van der Waals surface area contributed by atoms with Gasteiger partial charge in [-0.2, -0.15) is 0 Å². The molecule has 124 valence electrons. The minimum Gasteiger partial charge on any atom is -0.439 e. The highest BCUT2D eigenvalue weighted by atomic mass is 79.9. The van der Waals surface area contributed by atoms with E-state index in [2.05, 4.69) is 21.2 Å². The van der Waals surface area contributed by atoms with Gasteiger partial charge in [-0.3, -0.25) is 0 Å². The average Bonchev–Trinajstić information content (AvgIpc) is 2.94. The summed E-state index contributed by atoms with van der Waals surface area (Å²) >= 11 is 3.48. The van der Waals surface area contributed by atoms with Crippen LogP contribution in [0.5, 0.6) is 0 Å². The number of hydrogen-bond donors (Lipinski definition) is 1. The summed E-state index contributed by atoms with van der Waals surface area (Å²) in [6.07, 6.45) is 0. The van der Waals surface area contributed by atoms with E-state index in [9.17, 15) is 4.79 Å². The second-order valence-corrected chi connectivity index (χ2v) is 6.61. The predicted octanol–water partition coefficient (Wildman–Crippen LogP) is 5.87. The van der Waals surface area contributed by atoms with Crippen molar-refractivity contribution in [3.8, 4) is 11.1 Å². The minimum atomic E-state index is -0.408. The molecule has 0 aliphatic rings. The number of benzene rings is 2. The SMILES string of the molecule is Cc1cc2oc(Nc3ccccc3)c(-c3cccc(Br)c3)c2c(=O)o1. The van der Waals surface area contributed by atoms with Gasteiger partial charge in [-0.15, -0.1) is 0 Å². The maximum atomic E-state index is 12.5. The second-order valence-electron chi connectivity index (χ2n) is 5.69. The van der Waals surface area contributed by atoms with Crippen LogP contribution in [0.2, 0.25) is 0 Å². The maximum absolute atomic E-state index is 12.5. The minimum absolute atomic E-state index is 0.408. The molecule has 4 rings (SSSR count). The molecule has 0 unspecified atom stereocenters. The van der Waals surface area contributed by atoms with E-state index >= 15 is 0 Å². The summed E-state index contributed by atoms with van der Waals surface area (Å²) in [4.78, 5) is 12.5. The van der Waals surface area contributed by atoms with Gasteiger partial charge in [-0.25, -0.2) is 4.79 Å². The van der Waals surface area contributed by atoms with Crippen molar-refractivity contribution >= 4 is 38.5 Å². The first-order chi connectivity index (χ1) is 12.1. The quantitative estimate of drug-likeness (QED) is 0.471. The lowest BCUT2D eigenvalue weighted by Gasteiger charge is -2.06. The summed E-state index contributed by atoms with van der Waals surface area (Å²) < 4.78 is 12.2. The van der Waals surface area contributed by atoms with E-state index < -0.39 is 5.63 Å². The number of aryl methyl sites for hydroxylation is 1. The molecule has 0 saturated carbocycles. The van der Waals surface area contributed by atoms with Crippen LogP contribution in [0.25, 0.3) is 22.1 Å². The lowest BCUT2D eigenvalue weighted by Crippen LogP contribution is -2.00. The van der Waals surface area contributed by atoms with Crippen molar-refractivity contribution in [1.29, 1.82) is 0 Å². The summed E-state index contributed by atoms with van der Waals surface area (Å²) in [5.41, 5.74) is 2.52. The molecule has 0 radical (unpaired) electrons. The summed E-state index contributed by atoms with van der Waals surface area (Å²) in [5, 5.41) is 3.70. The van der Waals surface area contributed by atoms with Gasteiger partial charge in [0.15, 0.2) is 0 Å². The number of fused-ring (bicyclic) bond motifs is 1. The summed E-state index contributed by atoms with van der Waals surface area (Å²) in [6, 6.07) is 19.1. The highest BCUT2D eigenvalue weighted by Gasteiger charge is 2.20. The molecule has 25 heavy (non-hydrogen) atoms. The number of para-hydroxylation sites is 1. The number of rotatable bonds is 3. The first kappa shape index (κ1) is 15.7. The van der Waals surface area contributed by atoms with Gasteiger partial charge < -0.3 is 14.2 Å². The normalized spacial score (nSPS) is 11.0. The Hall–Kier alpha value is -2.79. The maximum Gasteiger partial charge on any atom is 0.347 e. The van der Waals surface area contributed by atoms with E-state index in [1.54, 1.807) is 13.0 Å². The molecule has 2 aromatic heterocycles. The molecule has 0 fully saturated rings. The van der Waals surface area contributed by atoms with Crippen molar-refractivity contribution in [3.63, 3.8) is 0 Å². The van der Waals surface area contributed by atoms with Crippen LogP contribution in [0.1, 0.15) is 5.76 Å². The van der Waals surface area contributed by atoms with E-state index in [1.807, 2.05) is 54.6 Å². The molecule has 0 atom stereocenters. The van der Waals surface area contributed by atoms with Gasteiger partial charge in [0.1, 0.15) is 16.7 Å². The summed E-state index contributed by atoms with van der Waals surface area (Å²) in [5.74, 6) is 1.02. The Morgan fingerprint density at radius 2 is 1.76 bits per heavy atom. The van der Waals surface area contributed by atoms with Crippen molar-refractivity contribution in [1.82, 2.24) is 0 Å². The molecule has 4 nitrogen and oxygen atoms in total. The fourth-order valence-corrected chi connectivity index (χ4v) is 3.22. The molecule has 2 heterocycles. The molecule has 0 aliphatic heterocycles. The molecule has 0 spiro atoms. The van der Waals surface area contributed by atoms with Crippen LogP contribution in [0.15, 0.2) is 78.8 Å².